The first-order valence-electron chi connectivity index (χ1n) is 49.7. The molecule has 7 aromatic rings. The van der Waals surface area contributed by atoms with Crippen LogP contribution in [0.5, 0.6) is 34.5 Å². The standard InChI is InChI=1S/C104H152N12O15/c1-7-13-19-25-31-37-43-52-60-125-80-66-86(105-87(67-80)99(118)113-94-74-84(129-64-56-47-41-35-29-23-17-11-5)75-95(109-94)114-102(121)90-70-82(71-91(107-90)103(122)123)127-62-54-45-39-33-27-21-15-9-3)98(117)111-92-72-83(128-63-55-46-40-34-28-22-16-10-4)73-93(108-92)112-100(119)88-68-81(126-61-53-44-38-32-26-20-14-8-2)69-89(106-88)101(120)115-96-76-85(130-65-57-48-42-36-30-24-18-12-6)77-97(110-96)116-104(124)131-78-79-58-50-49-51-59-79/h49-51,58-59,66-77H,7-48,52-57,60-65,78H2,1-6H3,(H,122,123)(H2,108,111,112,117,119)(H2,109,113,114,118,121)(H2,110,115,116,120,124). The van der Waals surface area contributed by atoms with Crippen LogP contribution in [-0.2, 0) is 11.3 Å². The second-order valence-electron chi connectivity index (χ2n) is 34.1. The fourth-order valence-corrected chi connectivity index (χ4v) is 14.9. The van der Waals surface area contributed by atoms with Crippen LogP contribution >= 0.6 is 0 Å². The Kier molecular flexibility index (Phi) is 54.2. The van der Waals surface area contributed by atoms with Crippen molar-refractivity contribution < 1.29 is 71.8 Å². The van der Waals surface area contributed by atoms with Crippen molar-refractivity contribution in [2.45, 2.75) is 356 Å². The van der Waals surface area contributed by atoms with E-state index in [-0.39, 0.29) is 118 Å². The summed E-state index contributed by atoms with van der Waals surface area (Å²) < 4.78 is 43.2. The number of hydrogen-bond acceptors (Lipinski definition) is 20. The molecule has 0 saturated carbocycles. The average molecular weight is 1810 g/mol. The number of unbranched alkanes of at least 4 members (excludes halogenated alkanes) is 42. The summed E-state index contributed by atoms with van der Waals surface area (Å²) in [6.45, 7) is 15.0. The molecular formula is C104H152N12O15. The molecule has 6 amide bonds. The summed E-state index contributed by atoms with van der Waals surface area (Å²) in [5.74, 6) is -4.21. The highest BCUT2D eigenvalue weighted by molar-refractivity contribution is 6.09. The van der Waals surface area contributed by atoms with E-state index in [1.807, 2.05) is 30.3 Å². The van der Waals surface area contributed by atoms with Gasteiger partial charge in [0.25, 0.3) is 29.5 Å². The van der Waals surface area contributed by atoms with Crippen molar-refractivity contribution >= 4 is 76.5 Å². The second-order valence-corrected chi connectivity index (χ2v) is 34.1. The lowest BCUT2D eigenvalue weighted by Crippen LogP contribution is -2.21. The number of amides is 6. The quantitative estimate of drug-likeness (QED) is 0.0174. The average Bonchev–Trinajstić information content (AvgIpc) is 0.613. The Hall–Kier alpha value is -11.0. The normalized spacial score (nSPS) is 11.1. The van der Waals surface area contributed by atoms with Crippen molar-refractivity contribution in [3.05, 3.63) is 143 Å². The third-order valence-electron chi connectivity index (χ3n) is 22.4. The smallest absolute Gasteiger partial charge is 0.413 e. The number of carbonyl (C=O) groups excluding carboxylic acids is 6. The lowest BCUT2D eigenvalue weighted by molar-refractivity contribution is 0.0688. The lowest BCUT2D eigenvalue weighted by Gasteiger charge is -2.15. The molecule has 27 nitrogen and oxygen atoms in total. The van der Waals surface area contributed by atoms with E-state index in [1.54, 1.807) is 12.1 Å². The lowest BCUT2D eigenvalue weighted by atomic mass is 10.1. The SMILES string of the molecule is CCCCCCCCCCOc1cc(NC(=O)OCc2ccccc2)nc(NC(=O)c2cc(OCCCCCCCCCC)cc(C(=O)Nc3cc(OCCCCCCCCCC)cc(NC(=O)c4cc(OCCCCCCCCCC)cc(C(=O)Nc5cc(OCCCCCCCCCC)cc(NC(=O)c6cc(OCCCCCCCCCC)cc(C(=O)O)n6)n5)n4)n3)n2)c1. The number of nitrogens with one attached hydrogen (secondary N) is 6. The van der Waals surface area contributed by atoms with Gasteiger partial charge in [-0.15, -0.1) is 0 Å². The number of nitrogens with zero attached hydrogens (tertiary/aromatic N) is 6. The highest BCUT2D eigenvalue weighted by atomic mass is 16.5. The van der Waals surface area contributed by atoms with Crippen LogP contribution in [0.2, 0.25) is 0 Å². The van der Waals surface area contributed by atoms with Gasteiger partial charge in [-0.3, -0.25) is 29.3 Å². The molecule has 0 aliphatic carbocycles. The van der Waals surface area contributed by atoms with Gasteiger partial charge in [-0.25, -0.2) is 39.5 Å². The molecule has 718 valence electrons. The Morgan fingerprint density at radius 3 is 0.649 bits per heavy atom. The van der Waals surface area contributed by atoms with Gasteiger partial charge in [0.05, 0.1) is 39.6 Å². The minimum atomic E-state index is -1.35. The summed E-state index contributed by atoms with van der Waals surface area (Å²) in [5.41, 5.74) is -0.776. The van der Waals surface area contributed by atoms with Gasteiger partial charge in [0.2, 0.25) is 0 Å². The molecule has 0 radical (unpaired) electrons. The van der Waals surface area contributed by atoms with Gasteiger partial charge in [-0.2, -0.15) is 0 Å². The molecule has 0 spiro atoms. The van der Waals surface area contributed by atoms with E-state index in [2.05, 4.69) is 98.4 Å². The first kappa shape index (κ1) is 107. The molecule has 0 aliphatic rings. The molecule has 7 N–H and O–H groups in total. The summed E-state index contributed by atoms with van der Waals surface area (Å²) >= 11 is 0. The first-order chi connectivity index (χ1) is 64.0. The van der Waals surface area contributed by atoms with Crippen LogP contribution in [0.3, 0.4) is 0 Å². The number of rotatable bonds is 74. The predicted octanol–water partition coefficient (Wildman–Crippen LogP) is 26.9. The number of aromatic nitrogens is 6. The third-order valence-corrected chi connectivity index (χ3v) is 22.4. The largest absolute Gasteiger partial charge is 0.493 e. The number of hydrogen-bond donors (Lipinski definition) is 7. The van der Waals surface area contributed by atoms with Gasteiger partial charge in [0.1, 0.15) is 104 Å². The van der Waals surface area contributed by atoms with Gasteiger partial charge in [-0.1, -0.05) is 342 Å². The molecule has 6 aromatic heterocycles. The minimum Gasteiger partial charge on any atom is -0.493 e. The number of carboxylic acid groups (broad SMARTS) is 1. The van der Waals surface area contributed by atoms with Crippen molar-refractivity contribution in [2.24, 2.45) is 0 Å². The number of benzene rings is 1. The molecule has 1 aromatic carbocycles. The molecule has 27 heteroatoms. The van der Waals surface area contributed by atoms with Gasteiger partial charge in [0.15, 0.2) is 5.69 Å². The number of ether oxygens (including phenoxy) is 7. The molecule has 0 aliphatic heterocycles. The van der Waals surface area contributed by atoms with Crippen LogP contribution in [0.1, 0.15) is 418 Å². The maximum Gasteiger partial charge on any atom is 0.413 e. The van der Waals surface area contributed by atoms with E-state index in [1.165, 1.54) is 163 Å². The zero-order valence-electron chi connectivity index (χ0n) is 79.6. The number of anilines is 6. The summed E-state index contributed by atoms with van der Waals surface area (Å²) in [6, 6.07) is 26.8. The predicted molar refractivity (Wildman–Crippen MR) is 521 cm³/mol. The summed E-state index contributed by atoms with van der Waals surface area (Å²) in [4.78, 5) is 127. The van der Waals surface area contributed by atoms with Gasteiger partial charge >= 0.3 is 12.1 Å². The molecule has 0 fully saturated rings. The molecule has 0 saturated heterocycles. The first-order valence-corrected chi connectivity index (χ1v) is 49.7. The number of aromatic carboxylic acids is 1. The van der Waals surface area contributed by atoms with E-state index < -0.39 is 41.6 Å². The van der Waals surface area contributed by atoms with Gasteiger partial charge in [0, 0.05) is 72.8 Å². The summed E-state index contributed by atoms with van der Waals surface area (Å²) in [6.07, 6.45) is 50.3. The van der Waals surface area contributed by atoms with Crippen molar-refractivity contribution in [3.63, 3.8) is 0 Å². The Balaban J connectivity index is 1.19. The van der Waals surface area contributed by atoms with Crippen molar-refractivity contribution in [3.8, 4) is 34.5 Å². The third kappa shape index (κ3) is 46.1. The molecule has 0 unspecified atom stereocenters. The molecule has 131 heavy (non-hydrogen) atoms. The Labute approximate surface area is 779 Å². The minimum absolute atomic E-state index is 0.000695. The highest BCUT2D eigenvalue weighted by Crippen LogP contribution is 2.30. The zero-order valence-corrected chi connectivity index (χ0v) is 79.6. The van der Waals surface area contributed by atoms with Crippen molar-refractivity contribution in [1.82, 2.24) is 29.9 Å². The van der Waals surface area contributed by atoms with Crippen molar-refractivity contribution in [1.29, 1.82) is 0 Å². The maximum absolute atomic E-state index is 15.1. The van der Waals surface area contributed by atoms with E-state index >= 15 is 4.79 Å². The summed E-state index contributed by atoms with van der Waals surface area (Å²) in [5, 5.41) is 26.9. The van der Waals surface area contributed by atoms with Crippen LogP contribution in [0, 0.1) is 0 Å². The monoisotopic (exact) mass is 1810 g/mol. The second kappa shape index (κ2) is 66.4. The van der Waals surface area contributed by atoms with Crippen LogP contribution in [-0.4, -0.2) is 116 Å². The van der Waals surface area contributed by atoms with Crippen LogP contribution in [0.15, 0.2) is 103 Å². The molecule has 7 rings (SSSR count). The van der Waals surface area contributed by atoms with Crippen molar-refractivity contribution in [2.75, 3.05) is 71.5 Å². The number of carbonyl (C=O) groups is 7. The molecule has 0 bridgehead atoms. The van der Waals surface area contributed by atoms with Gasteiger partial charge < -0.3 is 64.8 Å². The maximum atomic E-state index is 15.1. The van der Waals surface area contributed by atoms with Crippen LogP contribution < -0.4 is 60.3 Å². The number of pyridine rings is 6. The Morgan fingerprint density at radius 2 is 0.427 bits per heavy atom. The van der Waals surface area contributed by atoms with E-state index in [4.69, 9.17) is 38.1 Å². The van der Waals surface area contributed by atoms with Gasteiger partial charge in [-0.05, 0) is 44.1 Å². The Bertz CT molecular complexity index is 4460. The van der Waals surface area contributed by atoms with E-state index in [0.29, 0.717) is 51.4 Å². The van der Waals surface area contributed by atoms with Crippen LogP contribution in [0.25, 0.3) is 0 Å². The number of carboxylic acids is 1. The molecule has 0 atom stereocenters. The highest BCUT2D eigenvalue weighted by Gasteiger charge is 2.24. The molecule has 6 heterocycles. The molecular weight excluding hydrogens is 1660 g/mol. The zero-order chi connectivity index (χ0) is 93.4. The van der Waals surface area contributed by atoms with E-state index in [0.717, 1.165) is 192 Å². The Morgan fingerprint density at radius 1 is 0.237 bits per heavy atom. The fraction of sp³-hybridized carbons (Fsp3) is 0.587. The summed E-state index contributed by atoms with van der Waals surface area (Å²) in [7, 11) is 0. The van der Waals surface area contributed by atoms with Crippen LogP contribution in [0.4, 0.5) is 39.7 Å². The topological polar surface area (TPSA) is 354 Å². The van der Waals surface area contributed by atoms with E-state index in [9.17, 15) is 33.9 Å². The fourth-order valence-electron chi connectivity index (χ4n) is 14.9.